The highest BCUT2D eigenvalue weighted by Gasteiger charge is 2.73. The van der Waals surface area contributed by atoms with Gasteiger partial charge in [-0.1, -0.05) is 36.5 Å². The summed E-state index contributed by atoms with van der Waals surface area (Å²) in [5, 5.41) is 0. The molecule has 0 nitrogen and oxygen atoms in total. The van der Waals surface area contributed by atoms with Gasteiger partial charge in [0.05, 0.1) is 0 Å². The van der Waals surface area contributed by atoms with E-state index < -0.39 is 28.9 Å². The van der Waals surface area contributed by atoms with Gasteiger partial charge in [-0.3, -0.25) is 0 Å². The minimum atomic E-state index is -5.43. The summed E-state index contributed by atoms with van der Waals surface area (Å²) in [7, 11) is 0. The van der Waals surface area contributed by atoms with Crippen LogP contribution < -0.4 is 0 Å². The predicted molar refractivity (Wildman–Crippen MR) is 67.5 cm³/mol. The second-order valence-electron chi connectivity index (χ2n) is 5.04. The van der Waals surface area contributed by atoms with Crippen molar-refractivity contribution in [2.75, 3.05) is 0 Å². The van der Waals surface area contributed by atoms with E-state index in [1.54, 1.807) is 6.08 Å². The Morgan fingerprint density at radius 2 is 1.48 bits per heavy atom. The molecule has 0 radical (unpaired) electrons. The summed E-state index contributed by atoms with van der Waals surface area (Å²) in [5.41, 5.74) is -5.25. The third-order valence-corrected chi connectivity index (χ3v) is 3.77. The molecule has 0 aromatic rings. The number of allylic oxidation sites excluding steroid dienone is 8. The zero-order chi connectivity index (χ0) is 15.7. The molecule has 2 rings (SSSR count). The first kappa shape index (κ1) is 15.9. The fraction of sp³-hybridized carbons (Fsp3) is 0.467. The minimum Gasteiger partial charge on any atom is -0.169 e. The Labute approximate surface area is 118 Å². The van der Waals surface area contributed by atoms with Crippen LogP contribution in [0.3, 0.4) is 0 Å². The molecule has 0 aromatic heterocycles. The normalized spacial score (nSPS) is 20.3. The van der Waals surface area contributed by atoms with Crippen molar-refractivity contribution in [3.8, 4) is 0 Å². The molecule has 0 N–H and O–H groups in total. The highest BCUT2D eigenvalue weighted by Crippen LogP contribution is 2.61. The van der Waals surface area contributed by atoms with E-state index in [-0.39, 0.29) is 19.3 Å². The Morgan fingerprint density at radius 3 is 1.90 bits per heavy atom. The molecule has 0 unspecified atom stereocenters. The van der Waals surface area contributed by atoms with Crippen LogP contribution in [0.25, 0.3) is 0 Å². The van der Waals surface area contributed by atoms with Crippen LogP contribution in [0.2, 0.25) is 0 Å². The Kier molecular flexibility index (Phi) is 4.08. The monoisotopic (exact) mass is 308 g/mol. The van der Waals surface area contributed by atoms with Gasteiger partial charge in [0.2, 0.25) is 5.41 Å². The summed E-state index contributed by atoms with van der Waals surface area (Å²) in [4.78, 5) is 0. The van der Waals surface area contributed by atoms with Crippen molar-refractivity contribution < 1.29 is 26.3 Å². The molecule has 6 heteroatoms. The average Bonchev–Trinajstić information content (AvgIpc) is 2.38. The number of alkyl halides is 6. The Hall–Kier alpha value is -1.46. The van der Waals surface area contributed by atoms with E-state index in [0.29, 0.717) is 6.42 Å². The molecule has 0 amide bonds. The number of hydrogen-bond acceptors (Lipinski definition) is 0. The van der Waals surface area contributed by atoms with Gasteiger partial charge in [-0.2, -0.15) is 26.3 Å². The largest absolute Gasteiger partial charge is 0.410 e. The fourth-order valence-corrected chi connectivity index (χ4v) is 2.84. The fourth-order valence-electron chi connectivity index (χ4n) is 2.84. The minimum absolute atomic E-state index is 0.177. The van der Waals surface area contributed by atoms with Gasteiger partial charge in [0, 0.05) is 0 Å². The van der Waals surface area contributed by atoms with Gasteiger partial charge in [0.15, 0.2) is 0 Å². The third-order valence-electron chi connectivity index (χ3n) is 3.77. The summed E-state index contributed by atoms with van der Waals surface area (Å²) in [6, 6.07) is 0. The van der Waals surface area contributed by atoms with E-state index in [2.05, 4.69) is 0 Å². The van der Waals surface area contributed by atoms with Crippen LogP contribution in [-0.2, 0) is 0 Å². The van der Waals surface area contributed by atoms with E-state index in [0.717, 1.165) is 18.2 Å². The highest BCUT2D eigenvalue weighted by molar-refractivity contribution is 5.44. The topological polar surface area (TPSA) is 0 Å². The lowest BCUT2D eigenvalue weighted by Gasteiger charge is -2.41. The molecular weight excluding hydrogens is 294 g/mol. The summed E-state index contributed by atoms with van der Waals surface area (Å²) < 4.78 is 81.5. The number of hydrogen-bond donors (Lipinski definition) is 0. The lowest BCUT2D eigenvalue weighted by atomic mass is 9.68. The first-order chi connectivity index (χ1) is 9.71. The van der Waals surface area contributed by atoms with Crippen molar-refractivity contribution in [3.63, 3.8) is 0 Å². The van der Waals surface area contributed by atoms with Gasteiger partial charge < -0.3 is 0 Å². The van der Waals surface area contributed by atoms with Crippen molar-refractivity contribution in [2.24, 2.45) is 5.41 Å². The van der Waals surface area contributed by atoms with Gasteiger partial charge in [-0.25, -0.2) is 0 Å². The van der Waals surface area contributed by atoms with E-state index in [9.17, 15) is 26.3 Å². The third kappa shape index (κ3) is 2.56. The smallest absolute Gasteiger partial charge is 0.169 e. The summed E-state index contributed by atoms with van der Waals surface area (Å²) in [5.74, 6) is 0. The van der Waals surface area contributed by atoms with Crippen molar-refractivity contribution >= 4 is 0 Å². The molecule has 0 fully saturated rings. The Balaban J connectivity index is 2.72. The lowest BCUT2D eigenvalue weighted by molar-refractivity contribution is -0.310. The molecule has 0 aliphatic heterocycles. The van der Waals surface area contributed by atoms with Crippen LogP contribution >= 0.6 is 0 Å². The molecule has 2 aliphatic rings. The summed E-state index contributed by atoms with van der Waals surface area (Å²) >= 11 is 0. The van der Waals surface area contributed by atoms with Crippen LogP contribution in [0, 0.1) is 5.41 Å². The van der Waals surface area contributed by atoms with Crippen LogP contribution in [-0.4, -0.2) is 12.4 Å². The molecule has 0 aromatic carbocycles. The maximum Gasteiger partial charge on any atom is 0.410 e. The zero-order valence-corrected chi connectivity index (χ0v) is 11.1. The SMILES string of the molecule is FC(F)(F)C(C1=CCCC=C1)(C1=CC=CCC1)C(F)(F)F. The molecule has 0 saturated heterocycles. The van der Waals surface area contributed by atoms with Crippen molar-refractivity contribution in [1.82, 2.24) is 0 Å². The second-order valence-corrected chi connectivity index (χ2v) is 5.04. The molecule has 0 spiro atoms. The first-order valence-electron chi connectivity index (χ1n) is 6.58. The van der Waals surface area contributed by atoms with E-state index >= 15 is 0 Å². The number of rotatable bonds is 2. The summed E-state index contributed by atoms with van der Waals surface area (Å²) in [6.07, 6.45) is -3.15. The van der Waals surface area contributed by atoms with E-state index in [4.69, 9.17) is 0 Å². The quantitative estimate of drug-likeness (QED) is 0.578. The van der Waals surface area contributed by atoms with Gasteiger partial charge in [0.1, 0.15) is 0 Å². The van der Waals surface area contributed by atoms with E-state index in [1.165, 1.54) is 12.2 Å². The molecule has 116 valence electrons. The predicted octanol–water partition coefficient (Wildman–Crippen LogP) is 5.65. The zero-order valence-electron chi connectivity index (χ0n) is 11.1. The van der Waals surface area contributed by atoms with E-state index in [1.807, 2.05) is 0 Å². The van der Waals surface area contributed by atoms with Gasteiger partial charge in [-0.05, 0) is 36.8 Å². The Morgan fingerprint density at radius 1 is 0.810 bits per heavy atom. The maximum atomic E-state index is 13.6. The molecule has 2 aliphatic carbocycles. The van der Waals surface area contributed by atoms with Crippen LogP contribution in [0.15, 0.2) is 47.6 Å². The molecule has 21 heavy (non-hydrogen) atoms. The molecule has 0 saturated carbocycles. The lowest BCUT2D eigenvalue weighted by Crippen LogP contribution is -2.52. The molecule has 0 atom stereocenters. The van der Waals surface area contributed by atoms with Gasteiger partial charge >= 0.3 is 12.4 Å². The average molecular weight is 308 g/mol. The van der Waals surface area contributed by atoms with Crippen molar-refractivity contribution in [3.05, 3.63) is 47.6 Å². The van der Waals surface area contributed by atoms with Crippen LogP contribution in [0.5, 0.6) is 0 Å². The van der Waals surface area contributed by atoms with Crippen molar-refractivity contribution in [1.29, 1.82) is 0 Å². The number of halogens is 6. The van der Waals surface area contributed by atoms with Gasteiger partial charge in [-0.15, -0.1) is 0 Å². The molecule has 0 bridgehead atoms. The summed E-state index contributed by atoms with van der Waals surface area (Å²) in [6.45, 7) is 0. The van der Waals surface area contributed by atoms with Crippen molar-refractivity contribution in [2.45, 2.75) is 38.0 Å². The standard InChI is InChI=1S/C15H14F6/c16-14(17,18)13(15(19,20)21,11-7-3-1-4-8-11)12-9-5-2-6-10-12/h1,3,5,7,9-10H,2,4,6,8H2. The highest BCUT2D eigenvalue weighted by atomic mass is 19.4. The Bertz CT molecular complexity index is 499. The first-order valence-corrected chi connectivity index (χ1v) is 6.58. The van der Waals surface area contributed by atoms with Crippen LogP contribution in [0.1, 0.15) is 25.7 Å². The molecule has 0 heterocycles. The molecular formula is C15H14F6. The van der Waals surface area contributed by atoms with Crippen LogP contribution in [0.4, 0.5) is 26.3 Å². The van der Waals surface area contributed by atoms with Gasteiger partial charge in [0.25, 0.3) is 0 Å². The maximum absolute atomic E-state index is 13.6. The second kappa shape index (κ2) is 5.39.